The molecule has 0 saturated heterocycles. The van der Waals surface area contributed by atoms with E-state index in [2.05, 4.69) is 23.0 Å². The van der Waals surface area contributed by atoms with Gasteiger partial charge in [0.2, 0.25) is 0 Å². The summed E-state index contributed by atoms with van der Waals surface area (Å²) in [4.78, 5) is 14.9. The molecule has 1 rings (SSSR count). The SMILES string of the molecule is CCCCCCCCCCCCC/C=C/CC(COC(=O)c1ccccc1)N=[N+]=[N-]. The van der Waals surface area contributed by atoms with Gasteiger partial charge in [0.25, 0.3) is 0 Å². The number of unbranched alkanes of at least 4 members (excludes halogenated alkanes) is 11. The topological polar surface area (TPSA) is 75.1 Å². The number of azide groups is 1. The molecule has 1 aromatic carbocycles. The Bertz CT molecular complexity index is 625. The van der Waals surface area contributed by atoms with E-state index in [9.17, 15) is 4.79 Å². The minimum Gasteiger partial charge on any atom is -0.462 e. The fourth-order valence-corrected chi connectivity index (χ4v) is 3.35. The van der Waals surface area contributed by atoms with Crippen molar-refractivity contribution in [1.29, 1.82) is 0 Å². The van der Waals surface area contributed by atoms with Crippen LogP contribution in [0, 0.1) is 0 Å². The van der Waals surface area contributed by atoms with Gasteiger partial charge in [0.05, 0.1) is 11.6 Å². The summed E-state index contributed by atoms with van der Waals surface area (Å²) in [5, 5.41) is 3.74. The predicted molar refractivity (Wildman–Crippen MR) is 124 cm³/mol. The molecule has 0 N–H and O–H groups in total. The molecule has 5 heteroatoms. The maximum absolute atomic E-state index is 12.0. The van der Waals surface area contributed by atoms with E-state index in [1.54, 1.807) is 24.3 Å². The summed E-state index contributed by atoms with van der Waals surface area (Å²) in [5.41, 5.74) is 9.23. The fraction of sp³-hybridized carbons (Fsp3) is 0.640. The molecule has 0 aliphatic heterocycles. The molecule has 1 atom stereocenters. The van der Waals surface area contributed by atoms with Crippen molar-refractivity contribution in [2.24, 2.45) is 5.11 Å². The van der Waals surface area contributed by atoms with Crippen LogP contribution in [0.4, 0.5) is 0 Å². The Labute approximate surface area is 182 Å². The molecule has 0 heterocycles. The molecule has 30 heavy (non-hydrogen) atoms. The quantitative estimate of drug-likeness (QED) is 0.0607. The van der Waals surface area contributed by atoms with E-state index < -0.39 is 5.97 Å². The van der Waals surface area contributed by atoms with Gasteiger partial charge in [0.15, 0.2) is 0 Å². The number of carbonyl (C=O) groups excluding carboxylic acids is 1. The predicted octanol–water partition coefficient (Wildman–Crippen LogP) is 8.17. The van der Waals surface area contributed by atoms with Crippen LogP contribution >= 0.6 is 0 Å². The maximum atomic E-state index is 12.0. The van der Waals surface area contributed by atoms with Crippen molar-refractivity contribution in [2.75, 3.05) is 6.61 Å². The molecule has 0 aromatic heterocycles. The number of rotatable bonds is 18. The van der Waals surface area contributed by atoms with E-state index in [0.29, 0.717) is 12.0 Å². The highest BCUT2D eigenvalue weighted by Gasteiger charge is 2.10. The van der Waals surface area contributed by atoms with Crippen LogP contribution in [0.15, 0.2) is 47.6 Å². The maximum Gasteiger partial charge on any atom is 0.338 e. The minimum absolute atomic E-state index is 0.0978. The summed E-state index contributed by atoms with van der Waals surface area (Å²) in [6.45, 7) is 2.36. The first-order chi connectivity index (χ1) is 14.8. The van der Waals surface area contributed by atoms with Crippen LogP contribution in [0.1, 0.15) is 101 Å². The van der Waals surface area contributed by atoms with Gasteiger partial charge in [-0.05, 0) is 36.9 Å². The Morgan fingerprint density at radius 1 is 0.967 bits per heavy atom. The van der Waals surface area contributed by atoms with E-state index >= 15 is 0 Å². The van der Waals surface area contributed by atoms with Crippen LogP contribution in [0.25, 0.3) is 10.4 Å². The molecule has 0 radical (unpaired) electrons. The average Bonchev–Trinajstić information content (AvgIpc) is 2.78. The minimum atomic E-state index is -0.390. The first kappa shape index (κ1) is 25.8. The largest absolute Gasteiger partial charge is 0.462 e. The number of allylic oxidation sites excluding steroid dienone is 1. The molecule has 166 valence electrons. The lowest BCUT2D eigenvalue weighted by Crippen LogP contribution is -2.16. The van der Waals surface area contributed by atoms with Crippen molar-refractivity contribution in [3.8, 4) is 0 Å². The number of hydrogen-bond acceptors (Lipinski definition) is 3. The van der Waals surface area contributed by atoms with Crippen molar-refractivity contribution in [3.63, 3.8) is 0 Å². The van der Waals surface area contributed by atoms with Gasteiger partial charge in [0, 0.05) is 4.91 Å². The van der Waals surface area contributed by atoms with Crippen LogP contribution in [0.5, 0.6) is 0 Å². The van der Waals surface area contributed by atoms with Gasteiger partial charge in [-0.1, -0.05) is 107 Å². The Kier molecular flexibility index (Phi) is 16.1. The molecule has 0 aliphatic rings. The second kappa shape index (κ2) is 18.7. The smallest absolute Gasteiger partial charge is 0.338 e. The zero-order chi connectivity index (χ0) is 21.7. The van der Waals surface area contributed by atoms with E-state index in [0.717, 1.165) is 6.42 Å². The number of hydrogen-bond donors (Lipinski definition) is 0. The Balaban J connectivity index is 2.06. The van der Waals surface area contributed by atoms with Crippen LogP contribution in [0.3, 0.4) is 0 Å². The Hall–Kier alpha value is -2.26. The van der Waals surface area contributed by atoms with Crippen molar-refractivity contribution in [3.05, 3.63) is 58.5 Å². The third-order valence-corrected chi connectivity index (χ3v) is 5.18. The molecular weight excluding hydrogens is 374 g/mol. The molecule has 0 aliphatic carbocycles. The fourth-order valence-electron chi connectivity index (χ4n) is 3.35. The van der Waals surface area contributed by atoms with Crippen LogP contribution in [-0.4, -0.2) is 18.6 Å². The highest BCUT2D eigenvalue weighted by atomic mass is 16.5. The average molecular weight is 414 g/mol. The summed E-state index contributed by atoms with van der Waals surface area (Å²) < 4.78 is 5.27. The van der Waals surface area contributed by atoms with E-state index in [1.807, 2.05) is 12.1 Å². The lowest BCUT2D eigenvalue weighted by molar-refractivity contribution is 0.0482. The number of nitrogens with zero attached hydrogens (tertiary/aromatic N) is 3. The standard InChI is InChI=1S/C25H39N3O2/c1-2-3-4-5-6-7-8-9-10-11-12-13-14-18-21-24(27-28-26)22-30-25(29)23-19-16-15-17-20-23/h14-20,24H,2-13,21-22H2,1H3/b18-14+. The second-order valence-electron chi connectivity index (χ2n) is 7.85. The van der Waals surface area contributed by atoms with Crippen molar-refractivity contribution < 1.29 is 9.53 Å². The number of ether oxygens (including phenoxy) is 1. The molecule has 1 aromatic rings. The summed E-state index contributed by atoms with van der Waals surface area (Å²) in [6.07, 6.45) is 20.6. The van der Waals surface area contributed by atoms with Gasteiger partial charge in [-0.3, -0.25) is 0 Å². The Morgan fingerprint density at radius 3 is 2.17 bits per heavy atom. The van der Waals surface area contributed by atoms with Gasteiger partial charge >= 0.3 is 5.97 Å². The van der Waals surface area contributed by atoms with Gasteiger partial charge in [-0.25, -0.2) is 4.79 Å². The zero-order valence-electron chi connectivity index (χ0n) is 18.7. The number of carbonyl (C=O) groups is 1. The van der Waals surface area contributed by atoms with Crippen molar-refractivity contribution in [1.82, 2.24) is 0 Å². The molecule has 5 nitrogen and oxygen atoms in total. The number of benzene rings is 1. The van der Waals surface area contributed by atoms with Crippen LogP contribution < -0.4 is 0 Å². The van der Waals surface area contributed by atoms with Crippen LogP contribution in [-0.2, 0) is 4.74 Å². The zero-order valence-corrected chi connectivity index (χ0v) is 18.7. The van der Waals surface area contributed by atoms with E-state index in [4.69, 9.17) is 10.3 Å². The van der Waals surface area contributed by atoms with Gasteiger partial charge in [-0.15, -0.1) is 0 Å². The van der Waals surface area contributed by atoms with Gasteiger partial charge in [0.1, 0.15) is 6.61 Å². The highest BCUT2D eigenvalue weighted by Crippen LogP contribution is 2.12. The van der Waals surface area contributed by atoms with Crippen LogP contribution in [0.2, 0.25) is 0 Å². The molecule has 1 unspecified atom stereocenters. The van der Waals surface area contributed by atoms with Crippen molar-refractivity contribution in [2.45, 2.75) is 96.4 Å². The van der Waals surface area contributed by atoms with E-state index in [-0.39, 0.29) is 12.6 Å². The first-order valence-corrected chi connectivity index (χ1v) is 11.7. The molecule has 0 spiro atoms. The third-order valence-electron chi connectivity index (χ3n) is 5.18. The molecule has 0 bridgehead atoms. The third kappa shape index (κ3) is 13.8. The monoisotopic (exact) mass is 413 g/mol. The van der Waals surface area contributed by atoms with E-state index in [1.165, 1.54) is 70.6 Å². The highest BCUT2D eigenvalue weighted by molar-refractivity contribution is 5.89. The summed E-state index contributed by atoms with van der Waals surface area (Å²) >= 11 is 0. The second-order valence-corrected chi connectivity index (χ2v) is 7.85. The lowest BCUT2D eigenvalue weighted by atomic mass is 10.1. The molecule has 0 fully saturated rings. The van der Waals surface area contributed by atoms with Gasteiger partial charge in [-0.2, -0.15) is 0 Å². The summed E-state index contributed by atoms with van der Waals surface area (Å²) in [5.74, 6) is -0.390. The summed E-state index contributed by atoms with van der Waals surface area (Å²) in [7, 11) is 0. The number of esters is 1. The molecule has 0 saturated carbocycles. The molecular formula is C25H39N3O2. The normalized spacial score (nSPS) is 11.9. The first-order valence-electron chi connectivity index (χ1n) is 11.7. The molecule has 0 amide bonds. The summed E-state index contributed by atoms with van der Waals surface area (Å²) in [6, 6.07) is 8.48. The van der Waals surface area contributed by atoms with Gasteiger partial charge < -0.3 is 4.74 Å². The lowest BCUT2D eigenvalue weighted by Gasteiger charge is -2.09. The van der Waals surface area contributed by atoms with Crippen molar-refractivity contribution >= 4 is 5.97 Å². The Morgan fingerprint density at radius 2 is 1.57 bits per heavy atom.